The number of carboxylic acids is 1. The van der Waals surface area contributed by atoms with Gasteiger partial charge in [-0.2, -0.15) is 13.2 Å². The normalized spacial score (nSPS) is 27.3. The fourth-order valence-corrected chi connectivity index (χ4v) is 8.58. The average molecular weight is 690 g/mol. The summed E-state index contributed by atoms with van der Waals surface area (Å²) in [7, 11) is 1.57. The summed E-state index contributed by atoms with van der Waals surface area (Å²) in [6.07, 6.45) is 0.175. The van der Waals surface area contributed by atoms with Gasteiger partial charge in [0, 0.05) is 75.4 Å². The number of hydrogen-bond acceptors (Lipinski definition) is 6. The topological polar surface area (TPSA) is 82.6 Å². The van der Waals surface area contributed by atoms with Gasteiger partial charge in [-0.25, -0.2) is 4.39 Å². The molecule has 4 atom stereocenters. The minimum absolute atomic E-state index is 0.00542. The summed E-state index contributed by atoms with van der Waals surface area (Å²) in [5.74, 6) is -2.76. The number of amides is 1. The average Bonchev–Trinajstić information content (AvgIpc) is 3.86. The number of carbonyl (C=O) groups is 2. The molecule has 1 aliphatic carbocycles. The van der Waals surface area contributed by atoms with Crippen LogP contribution in [0.25, 0.3) is 0 Å². The van der Waals surface area contributed by atoms with Gasteiger partial charge in [-0.05, 0) is 68.0 Å². The number of benzene rings is 2. The number of halogens is 4. The monoisotopic (exact) mass is 689 g/mol. The van der Waals surface area contributed by atoms with E-state index in [1.165, 1.54) is 6.07 Å². The molecule has 49 heavy (non-hydrogen) atoms. The van der Waals surface area contributed by atoms with Crippen LogP contribution < -0.4 is 9.64 Å². The lowest BCUT2D eigenvalue weighted by Gasteiger charge is -2.35. The fraction of sp³-hybridized carbons (Fsp3) is 0.622. The van der Waals surface area contributed by atoms with Crippen LogP contribution in [0.1, 0.15) is 74.0 Å². The maximum absolute atomic E-state index is 17.7. The van der Waals surface area contributed by atoms with Gasteiger partial charge in [0.15, 0.2) is 0 Å². The molecule has 2 aromatic carbocycles. The molecule has 3 aliphatic heterocycles. The largest absolute Gasteiger partial charge is 0.497 e. The zero-order chi connectivity index (χ0) is 34.9. The van der Waals surface area contributed by atoms with Crippen LogP contribution in [-0.2, 0) is 20.5 Å². The highest BCUT2D eigenvalue weighted by Crippen LogP contribution is 2.47. The maximum Gasteiger partial charge on any atom is 0.416 e. The third-order valence-electron chi connectivity index (χ3n) is 11.3. The highest BCUT2D eigenvalue weighted by molar-refractivity contribution is 5.88. The fourth-order valence-electron chi connectivity index (χ4n) is 8.58. The zero-order valence-corrected chi connectivity index (χ0v) is 28.3. The number of piperidine rings is 1. The van der Waals surface area contributed by atoms with Gasteiger partial charge in [-0.3, -0.25) is 14.5 Å². The van der Waals surface area contributed by atoms with Gasteiger partial charge in [0.1, 0.15) is 5.75 Å². The summed E-state index contributed by atoms with van der Waals surface area (Å²) < 4.78 is 70.8. The van der Waals surface area contributed by atoms with Gasteiger partial charge in [-0.1, -0.05) is 31.0 Å². The van der Waals surface area contributed by atoms with E-state index in [-0.39, 0.29) is 38.2 Å². The zero-order valence-electron chi connectivity index (χ0n) is 28.3. The Morgan fingerprint density at radius 1 is 0.980 bits per heavy atom. The highest BCUT2D eigenvalue weighted by Gasteiger charge is 2.57. The Kier molecular flexibility index (Phi) is 10.5. The van der Waals surface area contributed by atoms with Crippen molar-refractivity contribution in [3.8, 4) is 5.75 Å². The summed E-state index contributed by atoms with van der Waals surface area (Å²) in [5.41, 5.74) is -1.22. The van der Waals surface area contributed by atoms with Gasteiger partial charge in [-0.15, -0.1) is 0 Å². The Balaban J connectivity index is 1.32. The number of carbonyl (C=O) groups excluding carboxylic acids is 1. The minimum atomic E-state index is -4.57. The van der Waals surface area contributed by atoms with Gasteiger partial charge in [0.25, 0.3) is 5.91 Å². The summed E-state index contributed by atoms with van der Waals surface area (Å²) in [4.78, 5) is 31.7. The number of anilines is 1. The van der Waals surface area contributed by atoms with Crippen LogP contribution in [0.3, 0.4) is 0 Å². The molecule has 1 saturated carbocycles. The molecule has 1 N–H and O–H groups in total. The van der Waals surface area contributed by atoms with Crippen LogP contribution in [-0.4, -0.2) is 98.1 Å². The van der Waals surface area contributed by atoms with Crippen LogP contribution in [0.15, 0.2) is 42.5 Å². The highest BCUT2D eigenvalue weighted by atomic mass is 19.4. The van der Waals surface area contributed by atoms with E-state index < -0.39 is 47.0 Å². The number of nitrogens with zero attached hydrogens (tertiary/aromatic N) is 3. The number of ether oxygens (including phenoxy) is 2. The lowest BCUT2D eigenvalue weighted by molar-refractivity contribution is -0.143. The summed E-state index contributed by atoms with van der Waals surface area (Å²) in [5, 5.41) is 9.52. The predicted octanol–water partition coefficient (Wildman–Crippen LogP) is 6.34. The SMILES string of the molecule is CCOC[C@H]1CN(C(=O)[C@]2(F)CN(C3CCCC3)C[C@H]2c2ccc(OC)cc2)C[C@@H]1c1ccc(C(F)(F)F)cc1N1CCC(C(=O)O)CC1. The molecule has 0 unspecified atom stereocenters. The molecule has 8 nitrogen and oxygen atoms in total. The van der Waals surface area contributed by atoms with Crippen molar-refractivity contribution in [1.82, 2.24) is 9.80 Å². The van der Waals surface area contributed by atoms with E-state index in [4.69, 9.17) is 9.47 Å². The van der Waals surface area contributed by atoms with Crippen molar-refractivity contribution in [3.63, 3.8) is 0 Å². The van der Waals surface area contributed by atoms with Gasteiger partial charge in [0.2, 0.25) is 5.67 Å². The number of alkyl halides is 4. The standard InChI is InChI=1S/C37H47F4N3O5/c1-3-49-22-26-19-43(20-31(26)30-13-10-27(37(39,40)41)18-33(30)42-16-14-25(15-17-42)34(45)46)35(47)36(38)23-44(28-6-4-5-7-28)21-32(36)24-8-11-29(48-2)12-9-24/h8-13,18,25-26,28,31-32H,3-7,14-17,19-23H2,1-2H3,(H,45,46)/t26-,31+,32+,36+/m1/s1. The number of rotatable bonds is 10. The summed E-state index contributed by atoms with van der Waals surface area (Å²) in [6.45, 7) is 3.92. The lowest BCUT2D eigenvalue weighted by atomic mass is 9.85. The molecular formula is C37H47F4N3O5. The van der Waals surface area contributed by atoms with Crippen molar-refractivity contribution in [2.24, 2.45) is 11.8 Å². The summed E-state index contributed by atoms with van der Waals surface area (Å²) in [6, 6.07) is 11.2. The molecular weight excluding hydrogens is 642 g/mol. The first-order chi connectivity index (χ1) is 23.4. The third kappa shape index (κ3) is 7.27. The molecule has 4 fully saturated rings. The van der Waals surface area contributed by atoms with E-state index in [9.17, 15) is 27.9 Å². The van der Waals surface area contributed by atoms with Gasteiger partial charge < -0.3 is 24.4 Å². The molecule has 0 bridgehead atoms. The smallest absolute Gasteiger partial charge is 0.416 e. The van der Waals surface area contributed by atoms with Crippen molar-refractivity contribution in [2.45, 2.75) is 75.2 Å². The number of likely N-dealkylation sites (tertiary alicyclic amines) is 2. The second kappa shape index (κ2) is 14.5. The quantitative estimate of drug-likeness (QED) is 0.292. The molecule has 0 aromatic heterocycles. The molecule has 12 heteroatoms. The Morgan fingerprint density at radius 3 is 2.29 bits per heavy atom. The van der Waals surface area contributed by atoms with Crippen molar-refractivity contribution in [1.29, 1.82) is 0 Å². The van der Waals surface area contributed by atoms with Crippen LogP contribution in [0, 0.1) is 11.8 Å². The number of hydrogen-bond donors (Lipinski definition) is 1. The first kappa shape index (κ1) is 35.4. The van der Waals surface area contributed by atoms with E-state index in [1.54, 1.807) is 24.1 Å². The molecule has 0 spiro atoms. The van der Waals surface area contributed by atoms with Crippen molar-refractivity contribution in [3.05, 3.63) is 59.2 Å². The lowest BCUT2D eigenvalue weighted by Crippen LogP contribution is -2.50. The van der Waals surface area contributed by atoms with Gasteiger partial charge in [0.05, 0.1) is 25.2 Å². The molecule has 4 aliphatic rings. The second-order valence-electron chi connectivity index (χ2n) is 14.2. The molecule has 3 heterocycles. The summed E-state index contributed by atoms with van der Waals surface area (Å²) >= 11 is 0. The number of aliphatic carboxylic acids is 1. The van der Waals surface area contributed by atoms with E-state index in [0.29, 0.717) is 56.1 Å². The molecule has 2 aromatic rings. The first-order valence-electron chi connectivity index (χ1n) is 17.6. The molecule has 0 radical (unpaired) electrons. The Hall–Kier alpha value is -3.38. The van der Waals surface area contributed by atoms with Crippen molar-refractivity contribution in [2.75, 3.05) is 64.5 Å². The maximum atomic E-state index is 17.7. The molecule has 268 valence electrons. The molecule has 6 rings (SSSR count). The Bertz CT molecular complexity index is 1480. The van der Waals surface area contributed by atoms with Crippen molar-refractivity contribution < 1.29 is 41.7 Å². The minimum Gasteiger partial charge on any atom is -0.497 e. The van der Waals surface area contributed by atoms with E-state index in [1.807, 2.05) is 24.0 Å². The predicted molar refractivity (Wildman–Crippen MR) is 177 cm³/mol. The van der Waals surface area contributed by atoms with Crippen LogP contribution in [0.2, 0.25) is 0 Å². The van der Waals surface area contributed by atoms with Crippen LogP contribution >= 0.6 is 0 Å². The first-order valence-corrected chi connectivity index (χ1v) is 17.6. The van der Waals surface area contributed by atoms with Gasteiger partial charge >= 0.3 is 12.1 Å². The second-order valence-corrected chi connectivity index (χ2v) is 14.2. The van der Waals surface area contributed by atoms with Crippen LogP contribution in [0.5, 0.6) is 5.75 Å². The van der Waals surface area contributed by atoms with E-state index in [0.717, 1.165) is 43.4 Å². The van der Waals surface area contributed by atoms with Crippen LogP contribution in [0.4, 0.5) is 23.2 Å². The molecule has 3 saturated heterocycles. The van der Waals surface area contributed by atoms with E-state index in [2.05, 4.69) is 4.90 Å². The third-order valence-corrected chi connectivity index (χ3v) is 11.3. The van der Waals surface area contributed by atoms with E-state index >= 15 is 4.39 Å². The number of carboxylic acid groups (broad SMARTS) is 1. The Labute approximate surface area is 285 Å². The Morgan fingerprint density at radius 2 is 1.67 bits per heavy atom. The van der Waals surface area contributed by atoms with Crippen molar-refractivity contribution >= 4 is 17.6 Å². The number of methoxy groups -OCH3 is 1. The molecule has 1 amide bonds.